The van der Waals surface area contributed by atoms with E-state index in [0.29, 0.717) is 23.0 Å². The van der Waals surface area contributed by atoms with Gasteiger partial charge in [-0.25, -0.2) is 15.0 Å². The van der Waals surface area contributed by atoms with Gasteiger partial charge in [0.1, 0.15) is 0 Å². The van der Waals surface area contributed by atoms with E-state index in [1.165, 1.54) is 105 Å². The van der Waals surface area contributed by atoms with Crippen LogP contribution in [0.25, 0.3) is 101 Å². The van der Waals surface area contributed by atoms with Crippen LogP contribution in [0.2, 0.25) is 0 Å². The molecule has 0 amide bonds. The highest BCUT2D eigenvalue weighted by molar-refractivity contribution is 6.04. The molecule has 4 bridgehead atoms. The van der Waals surface area contributed by atoms with Crippen molar-refractivity contribution in [2.45, 2.75) is 49.4 Å². The summed E-state index contributed by atoms with van der Waals surface area (Å²) in [7, 11) is 0. The molecule has 0 saturated heterocycles. The average Bonchev–Trinajstić information content (AvgIpc) is 3.44. The fraction of sp³-hybridized carbons (Fsp3) is 0.147. The number of nitriles is 1. The van der Waals surface area contributed by atoms with Crippen LogP contribution in [-0.4, -0.2) is 15.0 Å². The predicted molar refractivity (Wildman–Crippen MR) is 292 cm³/mol. The van der Waals surface area contributed by atoms with Crippen LogP contribution in [0.1, 0.15) is 55.2 Å². The molecule has 72 heavy (non-hydrogen) atoms. The molecule has 1 heterocycles. The van der Waals surface area contributed by atoms with Gasteiger partial charge in [0.15, 0.2) is 17.5 Å². The van der Waals surface area contributed by atoms with Gasteiger partial charge in [0.05, 0.1) is 11.6 Å². The lowest BCUT2D eigenvalue weighted by Crippen LogP contribution is -2.55. The molecule has 4 heteroatoms. The summed E-state index contributed by atoms with van der Waals surface area (Å²) in [4.78, 5) is 15.3. The monoisotopic (exact) mass is 922 g/mol. The molecule has 10 aromatic rings. The zero-order valence-electron chi connectivity index (χ0n) is 40.0. The quantitative estimate of drug-likeness (QED) is 0.160. The van der Waals surface area contributed by atoms with Gasteiger partial charge in [-0.2, -0.15) is 5.26 Å². The highest BCUT2D eigenvalue weighted by Gasteiger charge is 2.58. The molecule has 2 atom stereocenters. The molecule has 15 rings (SSSR count). The molecular formula is C68H50N4. The number of aromatic nitrogens is 3. The van der Waals surface area contributed by atoms with E-state index in [0.717, 1.165) is 39.7 Å². The Morgan fingerprint density at radius 3 is 1.19 bits per heavy atom. The Balaban J connectivity index is 0.832. The fourth-order valence-electron chi connectivity index (χ4n) is 13.9. The van der Waals surface area contributed by atoms with E-state index in [4.69, 9.17) is 15.0 Å². The van der Waals surface area contributed by atoms with Crippen molar-refractivity contribution in [3.05, 3.63) is 235 Å². The summed E-state index contributed by atoms with van der Waals surface area (Å²) in [6.07, 6.45) is 7.74. The maximum Gasteiger partial charge on any atom is 0.164 e. The van der Waals surface area contributed by atoms with E-state index in [1.54, 1.807) is 0 Å². The summed E-state index contributed by atoms with van der Waals surface area (Å²) in [6, 6.07) is 81.4. The molecule has 0 radical (unpaired) electrons. The van der Waals surface area contributed by atoms with Crippen LogP contribution >= 0.6 is 0 Å². The summed E-state index contributed by atoms with van der Waals surface area (Å²) in [5.74, 6) is 3.45. The Hall–Kier alpha value is -8.52. The van der Waals surface area contributed by atoms with E-state index in [9.17, 15) is 5.26 Å². The van der Waals surface area contributed by atoms with Crippen LogP contribution in [0.3, 0.4) is 0 Å². The fourth-order valence-corrected chi connectivity index (χ4v) is 13.9. The van der Waals surface area contributed by atoms with Crippen LogP contribution in [0.15, 0.2) is 218 Å². The molecule has 4 saturated carbocycles. The molecule has 342 valence electrons. The lowest BCUT2D eigenvalue weighted by molar-refractivity contribution is -0.0281. The van der Waals surface area contributed by atoms with Crippen molar-refractivity contribution in [3.8, 4) is 107 Å². The zero-order chi connectivity index (χ0) is 47.8. The van der Waals surface area contributed by atoms with E-state index >= 15 is 0 Å². The standard InChI is InChI=1S/C68H50N4/c69-42-44-12-11-17-51(35-44)47-22-28-54(29-23-47)67-38-45-34-46(39-67)41-68(40-45,43-67)55-30-24-48(25-31-55)52-26-32-60-61-33-27-53(37-63(61)59-21-10-8-19-57(59)56-18-7-9-20-58(56)62(60)36-52)66-71-64(49-13-3-1-4-14-49)70-65(72-66)50-15-5-2-6-16-50/h1-33,35-37,45-46H,34,38-41,43H2. The first-order valence-corrected chi connectivity index (χ1v) is 25.6. The molecule has 4 nitrogen and oxygen atoms in total. The van der Waals surface area contributed by atoms with Crippen LogP contribution in [0.5, 0.6) is 0 Å². The van der Waals surface area contributed by atoms with Gasteiger partial charge < -0.3 is 0 Å². The molecule has 9 aromatic carbocycles. The number of fused-ring (bicyclic) bond motifs is 8. The lowest BCUT2D eigenvalue weighted by Gasteiger charge is -2.63. The molecule has 0 N–H and O–H groups in total. The second-order valence-corrected chi connectivity index (χ2v) is 21.0. The van der Waals surface area contributed by atoms with Crippen LogP contribution in [-0.2, 0) is 10.8 Å². The largest absolute Gasteiger partial charge is 0.208 e. The predicted octanol–water partition coefficient (Wildman–Crippen LogP) is 16.8. The van der Waals surface area contributed by atoms with Crippen LogP contribution in [0, 0.1) is 23.2 Å². The minimum atomic E-state index is 0.191. The van der Waals surface area contributed by atoms with Crippen molar-refractivity contribution in [2.24, 2.45) is 11.8 Å². The van der Waals surface area contributed by atoms with Gasteiger partial charge in [0.25, 0.3) is 0 Å². The van der Waals surface area contributed by atoms with Gasteiger partial charge in [0, 0.05) is 16.7 Å². The van der Waals surface area contributed by atoms with Crippen molar-refractivity contribution in [1.29, 1.82) is 5.26 Å². The van der Waals surface area contributed by atoms with Crippen LogP contribution in [0.4, 0.5) is 0 Å². The van der Waals surface area contributed by atoms with E-state index < -0.39 is 0 Å². The van der Waals surface area contributed by atoms with Gasteiger partial charge >= 0.3 is 0 Å². The van der Waals surface area contributed by atoms with E-state index in [2.05, 4.69) is 170 Å². The van der Waals surface area contributed by atoms with Gasteiger partial charge in [0.2, 0.25) is 0 Å². The topological polar surface area (TPSA) is 62.5 Å². The SMILES string of the molecule is N#Cc1cccc(-c2ccc(C34CC5CC(C3)CC(c3ccc(-c6ccc7c(c6)-c6ccccc6-c6ccccc6-c6cc(-c8nc(-c9ccccc9)nc(-c9ccccc9)n8)ccc6-7)cc3)(C5)C4)cc2)c1. The van der Waals surface area contributed by atoms with Crippen molar-refractivity contribution in [3.63, 3.8) is 0 Å². The van der Waals surface area contributed by atoms with Crippen molar-refractivity contribution in [2.75, 3.05) is 0 Å². The minimum absolute atomic E-state index is 0.191. The highest BCUT2D eigenvalue weighted by atomic mass is 15.0. The third kappa shape index (κ3) is 7.14. The van der Waals surface area contributed by atoms with Gasteiger partial charge in [-0.15, -0.1) is 0 Å². The third-order valence-corrected chi connectivity index (χ3v) is 16.7. The maximum atomic E-state index is 9.53. The molecule has 5 aliphatic carbocycles. The lowest BCUT2D eigenvalue weighted by atomic mass is 9.41. The molecule has 4 fully saturated rings. The number of hydrogen-bond donors (Lipinski definition) is 0. The summed E-state index contributed by atoms with van der Waals surface area (Å²) >= 11 is 0. The van der Waals surface area contributed by atoms with Gasteiger partial charge in [-0.3, -0.25) is 0 Å². The second kappa shape index (κ2) is 16.8. The molecule has 1 aromatic heterocycles. The average molecular weight is 923 g/mol. The highest BCUT2D eigenvalue weighted by Crippen LogP contribution is 2.66. The van der Waals surface area contributed by atoms with Crippen molar-refractivity contribution < 1.29 is 0 Å². The maximum absolute atomic E-state index is 9.53. The Morgan fingerprint density at radius 1 is 0.333 bits per heavy atom. The van der Waals surface area contributed by atoms with Gasteiger partial charge in [-0.1, -0.05) is 194 Å². The molecule has 0 spiro atoms. The van der Waals surface area contributed by atoms with Crippen molar-refractivity contribution in [1.82, 2.24) is 15.0 Å². The Labute approximate surface area is 421 Å². The van der Waals surface area contributed by atoms with E-state index in [1.807, 2.05) is 54.6 Å². The first-order chi connectivity index (χ1) is 35.5. The molecule has 5 aliphatic rings. The van der Waals surface area contributed by atoms with Crippen LogP contribution < -0.4 is 0 Å². The minimum Gasteiger partial charge on any atom is -0.208 e. The number of nitrogens with zero attached hydrogens (tertiary/aromatic N) is 4. The number of benzene rings is 9. The summed E-state index contributed by atoms with van der Waals surface area (Å²) in [6.45, 7) is 0. The first-order valence-electron chi connectivity index (χ1n) is 25.6. The normalized spacial score (nSPS) is 20.0. The number of hydrogen-bond acceptors (Lipinski definition) is 4. The molecule has 0 aliphatic heterocycles. The summed E-state index contributed by atoms with van der Waals surface area (Å²) in [5.41, 5.74) is 21.3. The Kier molecular flexibility index (Phi) is 9.90. The second-order valence-electron chi connectivity index (χ2n) is 21.0. The zero-order valence-corrected chi connectivity index (χ0v) is 40.0. The van der Waals surface area contributed by atoms with Crippen molar-refractivity contribution >= 4 is 0 Å². The summed E-state index contributed by atoms with van der Waals surface area (Å²) in [5, 5.41) is 9.53. The molecule has 2 unspecified atom stereocenters. The first kappa shape index (κ1) is 42.4. The summed E-state index contributed by atoms with van der Waals surface area (Å²) < 4.78 is 0. The smallest absolute Gasteiger partial charge is 0.164 e. The van der Waals surface area contributed by atoms with E-state index in [-0.39, 0.29) is 10.8 Å². The number of rotatable bonds is 7. The molecular weight excluding hydrogens is 873 g/mol. The Morgan fingerprint density at radius 2 is 0.708 bits per heavy atom. The Bertz CT molecular complexity index is 3700. The third-order valence-electron chi connectivity index (χ3n) is 16.7. The van der Waals surface area contributed by atoms with Gasteiger partial charge in [-0.05, 0) is 163 Å².